The Hall–Kier alpha value is -1.54. The van der Waals surface area contributed by atoms with Crippen molar-refractivity contribution in [1.82, 2.24) is 10.2 Å². The van der Waals surface area contributed by atoms with Gasteiger partial charge in [0.1, 0.15) is 37.7 Å². The Bertz CT molecular complexity index is 715. The number of nitrogens with zero attached hydrogens (tertiary/aromatic N) is 2. The number of anilines is 1. The molecule has 3 rings (SSSR count). The molecule has 25 heavy (non-hydrogen) atoms. The van der Waals surface area contributed by atoms with E-state index in [9.17, 15) is 4.79 Å². The summed E-state index contributed by atoms with van der Waals surface area (Å²) in [6.45, 7) is 7.54. The number of hydrogen-bond acceptors (Lipinski definition) is 4. The van der Waals surface area contributed by atoms with Crippen molar-refractivity contribution in [2.24, 2.45) is 0 Å². The molecule has 0 bridgehead atoms. The molecule has 6 nitrogen and oxygen atoms in total. The number of quaternary nitrogens is 2. The number of piperazine rings is 1. The van der Waals surface area contributed by atoms with E-state index in [1.54, 1.807) is 0 Å². The molecule has 0 radical (unpaired) electrons. The van der Waals surface area contributed by atoms with Crippen LogP contribution in [0.15, 0.2) is 24.3 Å². The third kappa shape index (κ3) is 5.22. The fraction of sp³-hybridized carbons (Fsp3) is 0.471. The lowest BCUT2D eigenvalue weighted by Gasteiger charge is -2.29. The van der Waals surface area contributed by atoms with Gasteiger partial charge in [-0.1, -0.05) is 48.1 Å². The molecule has 0 aliphatic carbocycles. The molecule has 2 heterocycles. The number of rotatable bonds is 6. The largest absolute Gasteiger partial charge is 0.322 e. The van der Waals surface area contributed by atoms with Gasteiger partial charge >= 0.3 is 0 Å². The number of amides is 1. The second-order valence-corrected chi connectivity index (χ2v) is 7.82. The molecule has 134 valence electrons. The molecule has 2 aromatic rings. The van der Waals surface area contributed by atoms with Crippen molar-refractivity contribution in [2.45, 2.75) is 19.9 Å². The van der Waals surface area contributed by atoms with E-state index >= 15 is 0 Å². The third-order valence-electron chi connectivity index (χ3n) is 4.49. The van der Waals surface area contributed by atoms with Crippen LogP contribution in [0, 0.1) is 0 Å². The normalized spacial score (nSPS) is 20.4. The van der Waals surface area contributed by atoms with E-state index in [1.807, 2.05) is 25.1 Å². The predicted octanol–water partition coefficient (Wildman–Crippen LogP) is -0.324. The minimum absolute atomic E-state index is 0.0170. The molecule has 1 amide bonds. The lowest BCUT2D eigenvalue weighted by atomic mass is 10.2. The van der Waals surface area contributed by atoms with E-state index in [1.165, 1.54) is 26.7 Å². The van der Waals surface area contributed by atoms with Crippen LogP contribution >= 0.6 is 22.9 Å². The maximum atomic E-state index is 12.2. The summed E-state index contributed by atoms with van der Waals surface area (Å²) in [4.78, 5) is 15.0. The van der Waals surface area contributed by atoms with Crippen molar-refractivity contribution in [3.8, 4) is 0 Å². The SMILES string of the molecule is CCc1nnc(NC(=O)C[NH+]2CC[NH+](Cc3ccccc3Cl)CC2)s1. The Morgan fingerprint density at radius 2 is 1.92 bits per heavy atom. The molecule has 0 spiro atoms. The van der Waals surface area contributed by atoms with E-state index in [2.05, 4.69) is 21.6 Å². The van der Waals surface area contributed by atoms with Gasteiger partial charge in [0.2, 0.25) is 5.13 Å². The molecule has 0 unspecified atom stereocenters. The van der Waals surface area contributed by atoms with Gasteiger partial charge in [-0.2, -0.15) is 0 Å². The highest BCUT2D eigenvalue weighted by atomic mass is 35.5. The van der Waals surface area contributed by atoms with E-state index in [4.69, 9.17) is 11.6 Å². The maximum Gasteiger partial charge on any atom is 0.281 e. The zero-order valence-corrected chi connectivity index (χ0v) is 15.9. The third-order valence-corrected chi connectivity index (χ3v) is 5.84. The van der Waals surface area contributed by atoms with Crippen LogP contribution in [0.1, 0.15) is 17.5 Å². The molecular formula is C17H24ClN5OS+2. The van der Waals surface area contributed by atoms with Gasteiger partial charge in [-0.3, -0.25) is 10.1 Å². The smallest absolute Gasteiger partial charge is 0.281 e. The Morgan fingerprint density at radius 1 is 1.20 bits per heavy atom. The molecule has 3 N–H and O–H groups in total. The second kappa shape index (κ2) is 8.71. The number of aryl methyl sites for hydroxylation is 1. The quantitative estimate of drug-likeness (QED) is 0.642. The highest BCUT2D eigenvalue weighted by molar-refractivity contribution is 7.15. The van der Waals surface area contributed by atoms with E-state index < -0.39 is 0 Å². The first kappa shape index (κ1) is 18.3. The summed E-state index contributed by atoms with van der Waals surface area (Å²) < 4.78 is 0. The molecule has 1 saturated heterocycles. The first-order chi connectivity index (χ1) is 12.1. The van der Waals surface area contributed by atoms with E-state index in [0.29, 0.717) is 11.7 Å². The van der Waals surface area contributed by atoms with Gasteiger partial charge in [0.25, 0.3) is 5.91 Å². The van der Waals surface area contributed by atoms with Crippen LogP contribution in [0.3, 0.4) is 0 Å². The average molecular weight is 382 g/mol. The Balaban J connectivity index is 1.43. The summed E-state index contributed by atoms with van der Waals surface area (Å²) >= 11 is 7.69. The monoisotopic (exact) mass is 381 g/mol. The van der Waals surface area contributed by atoms with Gasteiger partial charge < -0.3 is 9.80 Å². The van der Waals surface area contributed by atoms with Crippen LogP contribution in [0.2, 0.25) is 5.02 Å². The van der Waals surface area contributed by atoms with Gasteiger partial charge in [0.15, 0.2) is 6.54 Å². The summed E-state index contributed by atoms with van der Waals surface area (Å²) in [6, 6.07) is 8.03. The Morgan fingerprint density at radius 3 is 2.60 bits per heavy atom. The van der Waals surface area contributed by atoms with Crippen LogP contribution < -0.4 is 15.1 Å². The van der Waals surface area contributed by atoms with Gasteiger partial charge in [-0.25, -0.2) is 0 Å². The predicted molar refractivity (Wildman–Crippen MR) is 99.3 cm³/mol. The summed E-state index contributed by atoms with van der Waals surface area (Å²) in [7, 11) is 0. The Labute approximate surface area is 156 Å². The van der Waals surface area contributed by atoms with Gasteiger partial charge in [-0.05, 0) is 12.5 Å². The van der Waals surface area contributed by atoms with E-state index in [0.717, 1.165) is 49.2 Å². The minimum Gasteiger partial charge on any atom is -0.322 e. The van der Waals surface area contributed by atoms with E-state index in [-0.39, 0.29) is 5.91 Å². The fourth-order valence-corrected chi connectivity index (χ4v) is 3.96. The van der Waals surface area contributed by atoms with Crippen molar-refractivity contribution in [3.05, 3.63) is 39.9 Å². The van der Waals surface area contributed by atoms with Crippen molar-refractivity contribution >= 4 is 34.0 Å². The molecular weight excluding hydrogens is 358 g/mol. The lowest BCUT2D eigenvalue weighted by molar-refractivity contribution is -1.02. The lowest BCUT2D eigenvalue weighted by Crippen LogP contribution is -3.28. The zero-order valence-electron chi connectivity index (χ0n) is 14.3. The number of carbonyl (C=O) groups excluding carboxylic acids is 1. The van der Waals surface area contributed by atoms with Crippen molar-refractivity contribution in [2.75, 3.05) is 38.0 Å². The van der Waals surface area contributed by atoms with Crippen LogP contribution in [-0.2, 0) is 17.8 Å². The maximum absolute atomic E-state index is 12.2. The second-order valence-electron chi connectivity index (χ2n) is 6.35. The molecule has 0 saturated carbocycles. The molecule has 1 aromatic carbocycles. The van der Waals surface area contributed by atoms with Crippen molar-refractivity contribution < 1.29 is 14.6 Å². The summed E-state index contributed by atoms with van der Waals surface area (Å²) in [5, 5.41) is 13.3. The van der Waals surface area contributed by atoms with Gasteiger partial charge in [-0.15, -0.1) is 10.2 Å². The zero-order chi connectivity index (χ0) is 17.6. The number of aromatic nitrogens is 2. The molecule has 1 aromatic heterocycles. The summed E-state index contributed by atoms with van der Waals surface area (Å²) in [5.41, 5.74) is 1.20. The molecule has 0 atom stereocenters. The van der Waals surface area contributed by atoms with Crippen LogP contribution in [0.4, 0.5) is 5.13 Å². The highest BCUT2D eigenvalue weighted by Gasteiger charge is 2.25. The summed E-state index contributed by atoms with van der Waals surface area (Å²) in [5.74, 6) is 0.0170. The van der Waals surface area contributed by atoms with Crippen LogP contribution in [-0.4, -0.2) is 48.8 Å². The first-order valence-electron chi connectivity index (χ1n) is 8.67. The van der Waals surface area contributed by atoms with Crippen molar-refractivity contribution in [3.63, 3.8) is 0 Å². The highest BCUT2D eigenvalue weighted by Crippen LogP contribution is 2.15. The molecule has 1 aliphatic heterocycles. The molecule has 8 heteroatoms. The first-order valence-corrected chi connectivity index (χ1v) is 9.86. The topological polar surface area (TPSA) is 63.8 Å². The number of benzene rings is 1. The fourth-order valence-electron chi connectivity index (χ4n) is 3.06. The molecule has 1 fully saturated rings. The van der Waals surface area contributed by atoms with Crippen LogP contribution in [0.25, 0.3) is 0 Å². The molecule has 1 aliphatic rings. The number of carbonyl (C=O) groups is 1. The van der Waals surface area contributed by atoms with Gasteiger partial charge in [0.05, 0.1) is 0 Å². The number of nitrogens with one attached hydrogen (secondary N) is 3. The Kier molecular flexibility index (Phi) is 6.36. The summed E-state index contributed by atoms with van der Waals surface area (Å²) in [6.07, 6.45) is 0.842. The number of halogens is 1. The average Bonchev–Trinajstić information content (AvgIpc) is 3.06. The van der Waals surface area contributed by atoms with Crippen molar-refractivity contribution in [1.29, 1.82) is 0 Å². The van der Waals surface area contributed by atoms with Crippen LogP contribution in [0.5, 0.6) is 0 Å². The van der Waals surface area contributed by atoms with Gasteiger partial charge in [0, 0.05) is 10.6 Å². The standard InChI is InChI=1S/C17H22ClN5OS/c1-2-16-20-21-17(25-16)19-15(24)12-23-9-7-22(8-10-23)11-13-5-3-4-6-14(13)18/h3-6H,2,7-12H2,1H3,(H,19,21,24)/p+2. The number of hydrogen-bond donors (Lipinski definition) is 3. The minimum atomic E-state index is 0.0170.